The first-order chi connectivity index (χ1) is 14.3. The number of amides is 2. The summed E-state index contributed by atoms with van der Waals surface area (Å²) >= 11 is 0. The fraction of sp³-hybridized carbons (Fsp3) is 0.348. The Hall–Kier alpha value is -3.35. The summed E-state index contributed by atoms with van der Waals surface area (Å²) in [4.78, 5) is 38.7. The molecule has 0 fully saturated rings. The molecule has 0 radical (unpaired) electrons. The molecule has 0 spiro atoms. The van der Waals surface area contributed by atoms with Gasteiger partial charge in [-0.25, -0.2) is 0 Å². The second kappa shape index (κ2) is 8.98. The van der Waals surface area contributed by atoms with Crippen molar-refractivity contribution in [3.05, 3.63) is 53.6 Å². The van der Waals surface area contributed by atoms with Crippen molar-refractivity contribution in [1.29, 1.82) is 0 Å². The van der Waals surface area contributed by atoms with E-state index in [4.69, 9.17) is 9.47 Å². The molecule has 7 heteroatoms. The van der Waals surface area contributed by atoms with E-state index >= 15 is 0 Å². The molecule has 1 N–H and O–H groups in total. The Morgan fingerprint density at radius 1 is 1.20 bits per heavy atom. The lowest BCUT2D eigenvalue weighted by atomic mass is 10.1. The lowest BCUT2D eigenvalue weighted by Gasteiger charge is -2.32. The van der Waals surface area contributed by atoms with E-state index in [-0.39, 0.29) is 18.9 Å². The maximum absolute atomic E-state index is 12.5. The Morgan fingerprint density at radius 3 is 2.70 bits per heavy atom. The van der Waals surface area contributed by atoms with E-state index in [1.807, 2.05) is 38.1 Å². The largest absolute Gasteiger partial charge is 0.479 e. The lowest BCUT2D eigenvalue weighted by molar-refractivity contribution is -0.153. The van der Waals surface area contributed by atoms with E-state index in [1.54, 1.807) is 25.1 Å². The highest BCUT2D eigenvalue weighted by molar-refractivity contribution is 6.00. The molecule has 0 saturated carbocycles. The fourth-order valence-electron chi connectivity index (χ4n) is 3.21. The number of anilines is 2. The molecule has 0 bridgehead atoms. The van der Waals surface area contributed by atoms with Gasteiger partial charge in [0.1, 0.15) is 5.75 Å². The zero-order chi connectivity index (χ0) is 21.8. The van der Waals surface area contributed by atoms with Gasteiger partial charge in [0.2, 0.25) is 0 Å². The van der Waals surface area contributed by atoms with Crippen molar-refractivity contribution >= 4 is 29.2 Å². The summed E-state index contributed by atoms with van der Waals surface area (Å²) in [7, 11) is 0. The van der Waals surface area contributed by atoms with Gasteiger partial charge in [0, 0.05) is 12.2 Å². The van der Waals surface area contributed by atoms with Crippen LogP contribution in [-0.2, 0) is 19.1 Å². The van der Waals surface area contributed by atoms with Gasteiger partial charge in [0.05, 0.1) is 12.1 Å². The minimum Gasteiger partial charge on any atom is -0.479 e. The number of nitrogens with one attached hydrogen (secondary N) is 1. The van der Waals surface area contributed by atoms with Crippen LogP contribution in [-0.4, -0.2) is 36.5 Å². The van der Waals surface area contributed by atoms with Crippen LogP contribution >= 0.6 is 0 Å². The highest BCUT2D eigenvalue weighted by atomic mass is 16.5. The molecule has 0 aromatic heterocycles. The molecule has 1 heterocycles. The fourth-order valence-corrected chi connectivity index (χ4v) is 3.21. The van der Waals surface area contributed by atoms with E-state index < -0.39 is 24.1 Å². The molecule has 0 saturated heterocycles. The second-order valence-corrected chi connectivity index (χ2v) is 7.41. The van der Waals surface area contributed by atoms with Crippen molar-refractivity contribution in [3.8, 4) is 5.75 Å². The van der Waals surface area contributed by atoms with Crippen molar-refractivity contribution < 1.29 is 23.9 Å². The SMILES string of the molecule is Cc1ccc(C)c(NC(=O)C(C)OC(=O)CCN2C(=O)C(C)Oc3ccccc32)c1. The second-order valence-electron chi connectivity index (χ2n) is 7.41. The zero-order valence-electron chi connectivity index (χ0n) is 17.6. The summed E-state index contributed by atoms with van der Waals surface area (Å²) in [5, 5.41) is 2.79. The third-order valence-corrected chi connectivity index (χ3v) is 4.94. The quantitative estimate of drug-likeness (QED) is 0.738. The molecule has 7 nitrogen and oxygen atoms in total. The summed E-state index contributed by atoms with van der Waals surface area (Å²) < 4.78 is 10.9. The molecule has 2 unspecified atom stereocenters. The van der Waals surface area contributed by atoms with Gasteiger partial charge in [-0.1, -0.05) is 24.3 Å². The minimum absolute atomic E-state index is 0.0338. The van der Waals surface area contributed by atoms with Crippen LogP contribution in [0.1, 0.15) is 31.4 Å². The normalized spacial score (nSPS) is 16.3. The summed E-state index contributed by atoms with van der Waals surface area (Å²) in [5.41, 5.74) is 3.25. The first-order valence-corrected chi connectivity index (χ1v) is 9.91. The number of rotatable bonds is 6. The van der Waals surface area contributed by atoms with Gasteiger partial charge in [-0.05, 0) is 57.0 Å². The van der Waals surface area contributed by atoms with Gasteiger partial charge < -0.3 is 19.7 Å². The molecule has 2 amide bonds. The first kappa shape index (κ1) is 21.4. The molecule has 3 rings (SSSR count). The van der Waals surface area contributed by atoms with Gasteiger partial charge in [-0.3, -0.25) is 14.4 Å². The van der Waals surface area contributed by atoms with E-state index in [1.165, 1.54) is 11.8 Å². The number of fused-ring (bicyclic) bond motifs is 1. The van der Waals surface area contributed by atoms with Crippen LogP contribution < -0.4 is 15.0 Å². The summed E-state index contributed by atoms with van der Waals surface area (Å²) in [6.07, 6.45) is -1.62. The number of hydrogen-bond donors (Lipinski definition) is 1. The van der Waals surface area contributed by atoms with Gasteiger partial charge >= 0.3 is 5.97 Å². The average molecular weight is 410 g/mol. The molecule has 2 atom stereocenters. The monoisotopic (exact) mass is 410 g/mol. The topological polar surface area (TPSA) is 84.9 Å². The van der Waals surface area contributed by atoms with E-state index in [9.17, 15) is 14.4 Å². The third-order valence-electron chi connectivity index (χ3n) is 4.94. The maximum atomic E-state index is 12.5. The summed E-state index contributed by atoms with van der Waals surface area (Å²) in [5.74, 6) is -0.581. The minimum atomic E-state index is -0.955. The summed E-state index contributed by atoms with van der Waals surface area (Å²) in [6.45, 7) is 7.17. The molecular formula is C23H26N2O5. The Morgan fingerprint density at radius 2 is 1.93 bits per heavy atom. The van der Waals surface area contributed by atoms with Crippen LogP contribution in [0.3, 0.4) is 0 Å². The van der Waals surface area contributed by atoms with Gasteiger partial charge in [0.15, 0.2) is 12.2 Å². The number of carbonyl (C=O) groups excluding carboxylic acids is 3. The van der Waals surface area contributed by atoms with Gasteiger partial charge in [0.25, 0.3) is 11.8 Å². The molecule has 2 aromatic rings. The first-order valence-electron chi connectivity index (χ1n) is 9.91. The van der Waals surface area contributed by atoms with Gasteiger partial charge in [-0.15, -0.1) is 0 Å². The number of benzene rings is 2. The van der Waals surface area contributed by atoms with Crippen molar-refractivity contribution in [2.75, 3.05) is 16.8 Å². The van der Waals surface area contributed by atoms with E-state index in [0.29, 0.717) is 17.1 Å². The predicted octanol–water partition coefficient (Wildman–Crippen LogP) is 3.38. The molecule has 1 aliphatic heterocycles. The Kier molecular flexibility index (Phi) is 6.40. The van der Waals surface area contributed by atoms with Crippen molar-refractivity contribution in [2.24, 2.45) is 0 Å². The Labute approximate surface area is 176 Å². The molecule has 1 aliphatic rings. The van der Waals surface area contributed by atoms with Crippen molar-refractivity contribution in [3.63, 3.8) is 0 Å². The number of hydrogen-bond acceptors (Lipinski definition) is 5. The summed E-state index contributed by atoms with van der Waals surface area (Å²) in [6, 6.07) is 12.9. The number of para-hydroxylation sites is 2. The Bertz CT molecular complexity index is 972. The molecular weight excluding hydrogens is 384 g/mol. The predicted molar refractivity (Wildman–Crippen MR) is 114 cm³/mol. The third kappa shape index (κ3) is 4.79. The maximum Gasteiger partial charge on any atom is 0.308 e. The molecule has 2 aromatic carbocycles. The van der Waals surface area contributed by atoms with Crippen LogP contribution in [0.15, 0.2) is 42.5 Å². The highest BCUT2D eigenvalue weighted by Gasteiger charge is 2.31. The van der Waals surface area contributed by atoms with Crippen LogP contribution in [0.5, 0.6) is 5.75 Å². The highest BCUT2D eigenvalue weighted by Crippen LogP contribution is 2.33. The van der Waals surface area contributed by atoms with Crippen molar-refractivity contribution in [2.45, 2.75) is 46.3 Å². The van der Waals surface area contributed by atoms with E-state index in [0.717, 1.165) is 11.1 Å². The number of esters is 1. The number of ether oxygens (including phenoxy) is 2. The van der Waals surface area contributed by atoms with Gasteiger partial charge in [-0.2, -0.15) is 0 Å². The number of carbonyl (C=O) groups is 3. The van der Waals surface area contributed by atoms with Crippen molar-refractivity contribution in [1.82, 2.24) is 0 Å². The number of aryl methyl sites for hydroxylation is 2. The standard InChI is InChI=1S/C23H26N2O5/c1-14-9-10-15(2)18(13-14)24-22(27)16(3)30-21(26)11-12-25-19-7-5-6-8-20(19)29-17(4)23(25)28/h5-10,13,16-17H,11-12H2,1-4H3,(H,24,27). The zero-order valence-corrected chi connectivity index (χ0v) is 17.6. The molecule has 0 aliphatic carbocycles. The molecule has 158 valence electrons. The van der Waals surface area contributed by atoms with Crippen LogP contribution in [0.25, 0.3) is 0 Å². The number of nitrogens with zero attached hydrogens (tertiary/aromatic N) is 1. The van der Waals surface area contributed by atoms with Crippen LogP contribution in [0, 0.1) is 13.8 Å². The Balaban J connectivity index is 1.57. The molecule has 30 heavy (non-hydrogen) atoms. The smallest absolute Gasteiger partial charge is 0.308 e. The van der Waals surface area contributed by atoms with Crippen LogP contribution in [0.4, 0.5) is 11.4 Å². The lowest BCUT2D eigenvalue weighted by Crippen LogP contribution is -2.45. The van der Waals surface area contributed by atoms with E-state index in [2.05, 4.69) is 5.32 Å². The average Bonchev–Trinajstić information content (AvgIpc) is 2.71. The van der Waals surface area contributed by atoms with Crippen LogP contribution in [0.2, 0.25) is 0 Å².